The molecule has 2 nitrogen and oxygen atoms in total. The fourth-order valence-corrected chi connectivity index (χ4v) is 1.75. The van der Waals surface area contributed by atoms with Crippen molar-refractivity contribution in [3.05, 3.63) is 28.5 Å². The molecule has 0 aromatic carbocycles. The summed E-state index contributed by atoms with van der Waals surface area (Å²) in [6.45, 7) is 3.80. The third kappa shape index (κ3) is 2.13. The quantitative estimate of drug-likeness (QED) is 0.717. The minimum Gasteiger partial charge on any atom is -0.241 e. The molecular formula is C12H13ClN2. The minimum atomic E-state index is -0.490. The Balaban J connectivity index is 2.44. The van der Waals surface area contributed by atoms with Gasteiger partial charge in [-0.3, -0.25) is 0 Å². The molecule has 0 saturated heterocycles. The lowest BCUT2D eigenvalue weighted by Crippen LogP contribution is -2.14. The molecule has 0 radical (unpaired) electrons. The van der Waals surface area contributed by atoms with Gasteiger partial charge in [-0.15, -0.1) is 0 Å². The Bertz CT molecular complexity index is 428. The Labute approximate surface area is 94.9 Å². The van der Waals surface area contributed by atoms with E-state index in [1.165, 1.54) is 12.8 Å². The second kappa shape index (κ2) is 3.50. The standard InChI is InChI=1S/C12H13ClN2/c1-12(2,7-14)9-5-10(8-3-4-8)15-11(13)6-9/h5-6,8H,3-4H2,1-2H3. The van der Waals surface area contributed by atoms with Crippen molar-refractivity contribution in [1.29, 1.82) is 5.26 Å². The van der Waals surface area contributed by atoms with Crippen molar-refractivity contribution in [3.8, 4) is 6.07 Å². The maximum Gasteiger partial charge on any atom is 0.129 e. The molecule has 78 valence electrons. The van der Waals surface area contributed by atoms with E-state index in [0.717, 1.165) is 11.3 Å². The lowest BCUT2D eigenvalue weighted by atomic mass is 9.86. The maximum absolute atomic E-state index is 9.07. The molecule has 2 rings (SSSR count). The molecule has 0 aliphatic heterocycles. The first-order valence-corrected chi connectivity index (χ1v) is 5.50. The van der Waals surface area contributed by atoms with Crippen LogP contribution in [0, 0.1) is 11.3 Å². The van der Waals surface area contributed by atoms with Crippen molar-refractivity contribution in [2.24, 2.45) is 0 Å². The predicted molar refractivity (Wildman–Crippen MR) is 59.9 cm³/mol. The second-order valence-corrected chi connectivity index (χ2v) is 5.00. The average Bonchev–Trinajstić information content (AvgIpc) is 3.00. The molecule has 1 aliphatic rings. The number of nitriles is 1. The molecule has 1 heterocycles. The number of rotatable bonds is 2. The summed E-state index contributed by atoms with van der Waals surface area (Å²) < 4.78 is 0. The Morgan fingerprint density at radius 2 is 2.13 bits per heavy atom. The summed E-state index contributed by atoms with van der Waals surface area (Å²) >= 11 is 5.96. The van der Waals surface area contributed by atoms with E-state index >= 15 is 0 Å². The highest BCUT2D eigenvalue weighted by Gasteiger charge is 2.28. The molecule has 0 unspecified atom stereocenters. The SMILES string of the molecule is CC(C)(C#N)c1cc(Cl)nc(C2CC2)c1. The first kappa shape index (κ1) is 10.4. The Morgan fingerprint density at radius 1 is 1.47 bits per heavy atom. The first-order valence-electron chi connectivity index (χ1n) is 5.12. The van der Waals surface area contributed by atoms with Crippen molar-refractivity contribution >= 4 is 11.6 Å². The largest absolute Gasteiger partial charge is 0.241 e. The summed E-state index contributed by atoms with van der Waals surface area (Å²) in [6.07, 6.45) is 2.39. The molecule has 0 bridgehead atoms. The van der Waals surface area contributed by atoms with Crippen LogP contribution in [0.3, 0.4) is 0 Å². The van der Waals surface area contributed by atoms with E-state index in [2.05, 4.69) is 11.1 Å². The molecule has 1 aromatic heterocycles. The highest BCUT2D eigenvalue weighted by atomic mass is 35.5. The van der Waals surface area contributed by atoms with Gasteiger partial charge in [0.25, 0.3) is 0 Å². The van der Waals surface area contributed by atoms with Crippen molar-refractivity contribution < 1.29 is 0 Å². The molecule has 1 fully saturated rings. The van der Waals surface area contributed by atoms with Gasteiger partial charge in [0.2, 0.25) is 0 Å². The normalized spacial score (nSPS) is 16.1. The van der Waals surface area contributed by atoms with Crippen molar-refractivity contribution in [2.45, 2.75) is 38.0 Å². The van der Waals surface area contributed by atoms with Gasteiger partial charge in [0.05, 0.1) is 11.5 Å². The van der Waals surface area contributed by atoms with Gasteiger partial charge in [-0.1, -0.05) is 11.6 Å². The van der Waals surface area contributed by atoms with Crippen LogP contribution in [-0.4, -0.2) is 4.98 Å². The van der Waals surface area contributed by atoms with Crippen LogP contribution in [0.15, 0.2) is 12.1 Å². The lowest BCUT2D eigenvalue weighted by molar-refractivity contribution is 0.683. The lowest BCUT2D eigenvalue weighted by Gasteiger charge is -2.16. The van der Waals surface area contributed by atoms with Gasteiger partial charge >= 0.3 is 0 Å². The number of nitrogens with zero attached hydrogens (tertiary/aromatic N) is 2. The average molecular weight is 221 g/mol. The molecule has 15 heavy (non-hydrogen) atoms. The van der Waals surface area contributed by atoms with E-state index < -0.39 is 5.41 Å². The van der Waals surface area contributed by atoms with Gasteiger partial charge in [0, 0.05) is 11.6 Å². The highest BCUT2D eigenvalue weighted by molar-refractivity contribution is 6.29. The van der Waals surface area contributed by atoms with E-state index in [0.29, 0.717) is 11.1 Å². The molecule has 0 N–H and O–H groups in total. The van der Waals surface area contributed by atoms with Crippen LogP contribution in [0.2, 0.25) is 5.15 Å². The van der Waals surface area contributed by atoms with Crippen LogP contribution < -0.4 is 0 Å². The van der Waals surface area contributed by atoms with Gasteiger partial charge in [-0.2, -0.15) is 5.26 Å². The van der Waals surface area contributed by atoms with Gasteiger partial charge in [0.15, 0.2) is 0 Å². The molecule has 0 spiro atoms. The Kier molecular flexibility index (Phi) is 2.44. The van der Waals surface area contributed by atoms with Crippen LogP contribution >= 0.6 is 11.6 Å². The van der Waals surface area contributed by atoms with Crippen molar-refractivity contribution in [3.63, 3.8) is 0 Å². The zero-order chi connectivity index (χ0) is 11.1. The fraction of sp³-hybridized carbons (Fsp3) is 0.500. The molecular weight excluding hydrogens is 208 g/mol. The van der Waals surface area contributed by atoms with Crippen LogP contribution in [0.25, 0.3) is 0 Å². The zero-order valence-corrected chi connectivity index (χ0v) is 9.67. The summed E-state index contributed by atoms with van der Waals surface area (Å²) in [7, 11) is 0. The minimum absolute atomic E-state index is 0.490. The number of pyridine rings is 1. The van der Waals surface area contributed by atoms with Crippen molar-refractivity contribution in [2.75, 3.05) is 0 Å². The van der Waals surface area contributed by atoms with Crippen LogP contribution in [0.4, 0.5) is 0 Å². The summed E-state index contributed by atoms with van der Waals surface area (Å²) in [5.74, 6) is 0.567. The molecule has 0 amide bonds. The summed E-state index contributed by atoms with van der Waals surface area (Å²) in [5, 5.41) is 9.57. The van der Waals surface area contributed by atoms with E-state index in [9.17, 15) is 0 Å². The number of hydrogen-bond donors (Lipinski definition) is 0. The monoisotopic (exact) mass is 220 g/mol. The van der Waals surface area contributed by atoms with Crippen LogP contribution in [-0.2, 0) is 5.41 Å². The maximum atomic E-state index is 9.07. The zero-order valence-electron chi connectivity index (χ0n) is 8.92. The second-order valence-electron chi connectivity index (χ2n) is 4.61. The van der Waals surface area contributed by atoms with E-state index in [1.54, 1.807) is 6.07 Å². The third-order valence-corrected chi connectivity index (χ3v) is 3.00. The van der Waals surface area contributed by atoms with E-state index in [-0.39, 0.29) is 0 Å². The number of aromatic nitrogens is 1. The molecule has 3 heteroatoms. The van der Waals surface area contributed by atoms with Gasteiger partial charge in [0.1, 0.15) is 5.15 Å². The Hall–Kier alpha value is -1.07. The van der Waals surface area contributed by atoms with Gasteiger partial charge in [-0.05, 0) is 44.4 Å². The predicted octanol–water partition coefficient (Wildman–Crippen LogP) is 3.41. The summed E-state index contributed by atoms with van der Waals surface area (Å²) in [5.41, 5.74) is 1.52. The summed E-state index contributed by atoms with van der Waals surface area (Å²) in [6, 6.07) is 6.09. The summed E-state index contributed by atoms with van der Waals surface area (Å²) in [4.78, 5) is 4.30. The first-order chi connectivity index (χ1) is 7.03. The topological polar surface area (TPSA) is 36.7 Å². The van der Waals surface area contributed by atoms with E-state index in [4.69, 9.17) is 16.9 Å². The molecule has 1 aromatic rings. The van der Waals surface area contributed by atoms with E-state index in [1.807, 2.05) is 19.9 Å². The molecule has 0 atom stereocenters. The van der Waals surface area contributed by atoms with Crippen LogP contribution in [0.5, 0.6) is 0 Å². The highest BCUT2D eigenvalue weighted by Crippen LogP contribution is 2.40. The van der Waals surface area contributed by atoms with Crippen molar-refractivity contribution in [1.82, 2.24) is 4.98 Å². The van der Waals surface area contributed by atoms with Crippen LogP contribution in [0.1, 0.15) is 43.9 Å². The number of hydrogen-bond acceptors (Lipinski definition) is 2. The Morgan fingerprint density at radius 3 is 2.67 bits per heavy atom. The number of halogens is 1. The fourth-order valence-electron chi connectivity index (χ4n) is 1.53. The molecule has 1 saturated carbocycles. The van der Waals surface area contributed by atoms with Gasteiger partial charge in [-0.25, -0.2) is 4.98 Å². The third-order valence-electron chi connectivity index (χ3n) is 2.81. The van der Waals surface area contributed by atoms with Gasteiger partial charge < -0.3 is 0 Å². The smallest absolute Gasteiger partial charge is 0.129 e. The molecule has 1 aliphatic carbocycles.